The fourth-order valence-electron chi connectivity index (χ4n) is 2.74. The van der Waals surface area contributed by atoms with Crippen molar-refractivity contribution < 1.29 is 4.79 Å². The van der Waals surface area contributed by atoms with Crippen LogP contribution in [0.15, 0.2) is 59.2 Å². The molecule has 3 rings (SSSR count). The molecule has 4 nitrogen and oxygen atoms in total. The van der Waals surface area contributed by atoms with Crippen molar-refractivity contribution in [2.75, 3.05) is 31.1 Å². The van der Waals surface area contributed by atoms with Crippen LogP contribution in [-0.2, 0) is 0 Å². The second-order valence-corrected chi connectivity index (χ2v) is 7.05. The Hall–Kier alpha value is -1.98. The Labute approximate surface area is 161 Å². The van der Waals surface area contributed by atoms with Gasteiger partial charge in [-0.1, -0.05) is 51.8 Å². The monoisotopic (exact) mass is 419 g/mol. The summed E-state index contributed by atoms with van der Waals surface area (Å²) in [6, 6.07) is 15.6. The van der Waals surface area contributed by atoms with Gasteiger partial charge in [0.1, 0.15) is 0 Å². The van der Waals surface area contributed by atoms with E-state index in [2.05, 4.69) is 26.1 Å². The summed E-state index contributed by atoms with van der Waals surface area (Å²) in [5, 5.41) is 3.57. The summed E-state index contributed by atoms with van der Waals surface area (Å²) in [4.78, 5) is 16.4. The van der Waals surface area contributed by atoms with Crippen molar-refractivity contribution >= 4 is 45.3 Å². The van der Waals surface area contributed by atoms with Crippen LogP contribution in [0.1, 0.15) is 5.56 Å². The zero-order valence-electron chi connectivity index (χ0n) is 13.7. The maximum absolute atomic E-state index is 12.3. The molecule has 1 saturated heterocycles. The maximum Gasteiger partial charge on any atom is 0.321 e. The normalized spacial score (nSPS) is 14.8. The lowest BCUT2D eigenvalue weighted by Crippen LogP contribution is -2.51. The topological polar surface area (TPSA) is 35.6 Å². The van der Waals surface area contributed by atoms with Gasteiger partial charge in [-0.05, 0) is 35.9 Å². The quantitative estimate of drug-likeness (QED) is 0.787. The van der Waals surface area contributed by atoms with E-state index in [1.54, 1.807) is 6.20 Å². The van der Waals surface area contributed by atoms with Crippen molar-refractivity contribution in [1.29, 1.82) is 0 Å². The molecule has 0 bridgehead atoms. The van der Waals surface area contributed by atoms with Gasteiger partial charge < -0.3 is 15.1 Å². The van der Waals surface area contributed by atoms with Crippen LogP contribution in [0.25, 0.3) is 6.08 Å². The van der Waals surface area contributed by atoms with Gasteiger partial charge in [-0.3, -0.25) is 0 Å². The largest absolute Gasteiger partial charge is 0.368 e. The number of carbonyl (C=O) groups excluding carboxylic acids is 1. The van der Waals surface area contributed by atoms with E-state index in [0.717, 1.165) is 33.8 Å². The van der Waals surface area contributed by atoms with E-state index in [9.17, 15) is 4.79 Å². The molecule has 25 heavy (non-hydrogen) atoms. The third kappa shape index (κ3) is 4.77. The lowest BCUT2D eigenvalue weighted by molar-refractivity contribution is 0.198. The second-order valence-electron chi connectivity index (χ2n) is 5.76. The number of benzene rings is 2. The number of halogens is 2. The Kier molecular flexibility index (Phi) is 6.00. The predicted molar refractivity (Wildman–Crippen MR) is 107 cm³/mol. The van der Waals surface area contributed by atoms with Crippen LogP contribution in [-0.4, -0.2) is 37.1 Å². The smallest absolute Gasteiger partial charge is 0.321 e. The fraction of sp³-hybridized carbons (Fsp3) is 0.211. The van der Waals surface area contributed by atoms with Gasteiger partial charge in [0, 0.05) is 47.6 Å². The van der Waals surface area contributed by atoms with E-state index in [1.165, 1.54) is 0 Å². The first-order valence-electron chi connectivity index (χ1n) is 8.10. The van der Waals surface area contributed by atoms with Crippen LogP contribution in [0, 0.1) is 0 Å². The summed E-state index contributed by atoms with van der Waals surface area (Å²) in [6.07, 6.45) is 3.57. The van der Waals surface area contributed by atoms with Crippen LogP contribution in [0.3, 0.4) is 0 Å². The van der Waals surface area contributed by atoms with E-state index in [1.807, 2.05) is 59.5 Å². The third-order valence-corrected chi connectivity index (χ3v) is 5.07. The van der Waals surface area contributed by atoms with Gasteiger partial charge in [-0.25, -0.2) is 4.79 Å². The molecule has 0 radical (unpaired) electrons. The molecule has 0 unspecified atom stereocenters. The zero-order chi connectivity index (χ0) is 17.6. The molecule has 130 valence electrons. The first-order chi connectivity index (χ1) is 12.1. The van der Waals surface area contributed by atoms with Crippen LogP contribution in [0.5, 0.6) is 0 Å². The molecule has 1 heterocycles. The number of nitrogens with zero attached hydrogens (tertiary/aromatic N) is 2. The van der Waals surface area contributed by atoms with E-state index >= 15 is 0 Å². The van der Waals surface area contributed by atoms with Gasteiger partial charge in [0.2, 0.25) is 0 Å². The number of hydrogen-bond donors (Lipinski definition) is 1. The van der Waals surface area contributed by atoms with Gasteiger partial charge in [-0.15, -0.1) is 0 Å². The molecule has 2 aromatic rings. The number of amides is 2. The van der Waals surface area contributed by atoms with Crippen LogP contribution in [0.4, 0.5) is 10.5 Å². The van der Waals surface area contributed by atoms with Gasteiger partial charge in [0.15, 0.2) is 0 Å². The van der Waals surface area contributed by atoms with Crippen molar-refractivity contribution in [3.63, 3.8) is 0 Å². The summed E-state index contributed by atoms with van der Waals surface area (Å²) >= 11 is 9.53. The van der Waals surface area contributed by atoms with Gasteiger partial charge in [-0.2, -0.15) is 0 Å². The number of piperazine rings is 1. The van der Waals surface area contributed by atoms with E-state index in [0.29, 0.717) is 13.1 Å². The fourth-order valence-corrected chi connectivity index (χ4v) is 3.35. The first kappa shape index (κ1) is 17.8. The van der Waals surface area contributed by atoms with Crippen LogP contribution in [0.2, 0.25) is 5.02 Å². The van der Waals surface area contributed by atoms with E-state index in [-0.39, 0.29) is 6.03 Å². The molecule has 1 fully saturated rings. The predicted octanol–water partition coefficient (Wildman–Crippen LogP) is 4.61. The highest BCUT2D eigenvalue weighted by Crippen LogP contribution is 2.21. The van der Waals surface area contributed by atoms with Crippen molar-refractivity contribution in [3.8, 4) is 0 Å². The highest BCUT2D eigenvalue weighted by molar-refractivity contribution is 9.10. The summed E-state index contributed by atoms with van der Waals surface area (Å²) < 4.78 is 0.996. The van der Waals surface area contributed by atoms with Crippen molar-refractivity contribution in [3.05, 3.63) is 69.8 Å². The molecule has 6 heteroatoms. The summed E-state index contributed by atoms with van der Waals surface area (Å²) in [5.74, 6) is 0. The molecule has 1 N–H and O–H groups in total. The van der Waals surface area contributed by atoms with E-state index < -0.39 is 0 Å². The Bertz CT molecular complexity index is 773. The average molecular weight is 421 g/mol. The molecular weight excluding hydrogens is 402 g/mol. The molecule has 1 aliphatic rings. The molecule has 1 aliphatic heterocycles. The number of rotatable bonds is 3. The molecule has 0 saturated carbocycles. The number of carbonyl (C=O) groups is 1. The van der Waals surface area contributed by atoms with Gasteiger partial charge in [0.25, 0.3) is 0 Å². The number of anilines is 1. The lowest BCUT2D eigenvalue weighted by Gasteiger charge is -2.35. The molecule has 0 atom stereocenters. The highest BCUT2D eigenvalue weighted by Gasteiger charge is 2.20. The van der Waals surface area contributed by atoms with Crippen molar-refractivity contribution in [2.45, 2.75) is 0 Å². The highest BCUT2D eigenvalue weighted by atomic mass is 79.9. The second kappa shape index (κ2) is 8.41. The summed E-state index contributed by atoms with van der Waals surface area (Å²) in [7, 11) is 0. The Balaban J connectivity index is 1.51. The lowest BCUT2D eigenvalue weighted by atomic mass is 10.2. The first-order valence-corrected chi connectivity index (χ1v) is 9.27. The molecular formula is C19H19BrClN3O. The Morgan fingerprint density at radius 2 is 1.84 bits per heavy atom. The minimum absolute atomic E-state index is 0.0750. The number of urea groups is 1. The summed E-state index contributed by atoms with van der Waals surface area (Å²) in [5.41, 5.74) is 2.12. The molecule has 2 amide bonds. The van der Waals surface area contributed by atoms with Crippen molar-refractivity contribution in [2.24, 2.45) is 0 Å². The molecule has 0 spiro atoms. The zero-order valence-corrected chi connectivity index (χ0v) is 16.0. The Morgan fingerprint density at radius 3 is 2.56 bits per heavy atom. The average Bonchev–Trinajstić information content (AvgIpc) is 2.63. The summed E-state index contributed by atoms with van der Waals surface area (Å²) in [6.45, 7) is 2.95. The van der Waals surface area contributed by atoms with Crippen LogP contribution >= 0.6 is 27.5 Å². The van der Waals surface area contributed by atoms with Crippen LogP contribution < -0.4 is 10.2 Å². The third-order valence-electron chi connectivity index (χ3n) is 4.12. The number of hydrogen-bond acceptors (Lipinski definition) is 2. The minimum atomic E-state index is -0.0750. The van der Waals surface area contributed by atoms with Gasteiger partial charge >= 0.3 is 6.03 Å². The maximum atomic E-state index is 12.3. The SMILES string of the molecule is O=C(N/C=C/c1ccccc1Br)N1CCN(c2cccc(Cl)c2)CC1. The standard InChI is InChI=1S/C19H19BrClN3O/c20-18-7-2-1-4-15(18)8-9-22-19(25)24-12-10-23(11-13-24)17-6-3-5-16(21)14-17/h1-9,14H,10-13H2,(H,22,25)/b9-8+. The minimum Gasteiger partial charge on any atom is -0.368 e. The molecule has 0 aliphatic carbocycles. The van der Waals surface area contributed by atoms with E-state index in [4.69, 9.17) is 11.6 Å². The molecule has 2 aromatic carbocycles. The van der Waals surface area contributed by atoms with Crippen molar-refractivity contribution in [1.82, 2.24) is 10.2 Å². The Morgan fingerprint density at radius 1 is 1.08 bits per heavy atom. The number of nitrogens with one attached hydrogen (secondary N) is 1. The van der Waals surface area contributed by atoms with Gasteiger partial charge in [0.05, 0.1) is 0 Å². The molecule has 0 aromatic heterocycles.